The minimum atomic E-state index is -3.26. The van der Waals surface area contributed by atoms with E-state index in [2.05, 4.69) is 10.4 Å². The summed E-state index contributed by atoms with van der Waals surface area (Å²) in [5.41, 5.74) is 0.822. The molecule has 2 heterocycles. The van der Waals surface area contributed by atoms with Crippen LogP contribution in [-0.2, 0) is 26.9 Å². The van der Waals surface area contributed by atoms with E-state index < -0.39 is 21.3 Å². The van der Waals surface area contributed by atoms with Gasteiger partial charge in [0.1, 0.15) is 5.82 Å². The molecule has 0 fully saturated rings. The first-order chi connectivity index (χ1) is 13.5. The third-order valence-electron chi connectivity index (χ3n) is 4.58. The summed E-state index contributed by atoms with van der Waals surface area (Å²) in [5, 5.41) is 7.29. The molecule has 1 aliphatic heterocycles. The third kappa shape index (κ3) is 3.89. The van der Waals surface area contributed by atoms with E-state index in [-0.39, 0.29) is 17.1 Å². The molecule has 1 aromatic heterocycles. The summed E-state index contributed by atoms with van der Waals surface area (Å²) in [6, 6.07) is 3.07. The van der Waals surface area contributed by atoms with Gasteiger partial charge in [-0.3, -0.25) is 4.79 Å². The lowest BCUT2D eigenvalue weighted by molar-refractivity contribution is 0.102. The van der Waals surface area contributed by atoms with Gasteiger partial charge >= 0.3 is 0 Å². The number of nitrogens with zero attached hydrogens (tertiary/aromatic N) is 2. The van der Waals surface area contributed by atoms with Gasteiger partial charge in [-0.05, 0) is 32.9 Å². The summed E-state index contributed by atoms with van der Waals surface area (Å²) in [6.07, 6.45) is 0. The molecule has 0 bridgehead atoms. The zero-order valence-corrected chi connectivity index (χ0v) is 18.1. The molecule has 0 saturated carbocycles. The zero-order chi connectivity index (χ0) is 21.6. The number of hydrogen-bond donors (Lipinski definition) is 1. The molecular formula is C19H25N3O6S. The Morgan fingerprint density at radius 1 is 1.07 bits per heavy atom. The molecule has 29 heavy (non-hydrogen) atoms. The van der Waals surface area contributed by atoms with E-state index >= 15 is 0 Å². The average Bonchev–Trinajstić information content (AvgIpc) is 3.12. The average molecular weight is 423 g/mol. The lowest BCUT2D eigenvalue weighted by atomic mass is 10.1. The number of rotatable bonds is 5. The van der Waals surface area contributed by atoms with E-state index in [0.717, 1.165) is 0 Å². The number of aromatic nitrogens is 2. The molecule has 0 radical (unpaired) electrons. The van der Waals surface area contributed by atoms with E-state index in [1.807, 2.05) is 20.8 Å². The highest BCUT2D eigenvalue weighted by atomic mass is 32.2. The van der Waals surface area contributed by atoms with Crippen molar-refractivity contribution in [1.29, 1.82) is 0 Å². The molecule has 0 spiro atoms. The Morgan fingerprint density at radius 3 is 2.14 bits per heavy atom. The number of hydrogen-bond acceptors (Lipinski definition) is 7. The van der Waals surface area contributed by atoms with Gasteiger partial charge in [0, 0.05) is 11.1 Å². The maximum atomic E-state index is 13.0. The molecule has 0 atom stereocenters. The van der Waals surface area contributed by atoms with E-state index in [9.17, 15) is 13.2 Å². The fourth-order valence-electron chi connectivity index (χ4n) is 3.25. The Kier molecular flexibility index (Phi) is 5.24. The number of amides is 1. The number of benzene rings is 1. The second kappa shape index (κ2) is 7.25. The smallest absolute Gasteiger partial charge is 0.257 e. The molecule has 9 nitrogen and oxygen atoms in total. The monoisotopic (exact) mass is 423 g/mol. The Morgan fingerprint density at radius 2 is 1.66 bits per heavy atom. The predicted molar refractivity (Wildman–Crippen MR) is 108 cm³/mol. The van der Waals surface area contributed by atoms with Gasteiger partial charge in [-0.15, -0.1) is 0 Å². The van der Waals surface area contributed by atoms with Crippen molar-refractivity contribution in [3.05, 3.63) is 29.0 Å². The summed E-state index contributed by atoms with van der Waals surface area (Å²) in [4.78, 5) is 13.0. The molecule has 3 rings (SSSR count). The fraction of sp³-hybridized carbons (Fsp3) is 0.474. The van der Waals surface area contributed by atoms with Crippen LogP contribution in [0.2, 0.25) is 0 Å². The number of ether oxygens (including phenoxy) is 3. The van der Waals surface area contributed by atoms with Gasteiger partial charge in [0.25, 0.3) is 5.91 Å². The normalized spacial score (nSPS) is 15.0. The number of methoxy groups -OCH3 is 3. The molecule has 1 amide bonds. The number of carbonyl (C=O) groups is 1. The highest BCUT2D eigenvalue weighted by Crippen LogP contribution is 2.39. The lowest BCUT2D eigenvalue weighted by Crippen LogP contribution is -2.27. The van der Waals surface area contributed by atoms with Gasteiger partial charge in [-0.25, -0.2) is 13.1 Å². The van der Waals surface area contributed by atoms with Gasteiger partial charge in [0.05, 0.1) is 44.1 Å². The number of nitrogens with one attached hydrogen (secondary N) is 1. The molecule has 0 aliphatic carbocycles. The molecule has 0 unspecified atom stereocenters. The molecule has 2 aromatic rings. The van der Waals surface area contributed by atoms with Crippen molar-refractivity contribution in [2.75, 3.05) is 26.6 Å². The maximum absolute atomic E-state index is 13.0. The Hall–Kier alpha value is -2.75. The summed E-state index contributed by atoms with van der Waals surface area (Å²) in [5.74, 6) is 0.720. The van der Waals surface area contributed by atoms with E-state index in [1.54, 1.807) is 4.68 Å². The number of sulfone groups is 1. The van der Waals surface area contributed by atoms with E-state index in [1.165, 1.54) is 33.5 Å². The van der Waals surface area contributed by atoms with Crippen LogP contribution in [0.1, 0.15) is 42.4 Å². The van der Waals surface area contributed by atoms with Gasteiger partial charge in [0.15, 0.2) is 21.3 Å². The molecule has 0 saturated heterocycles. The van der Waals surface area contributed by atoms with Crippen LogP contribution in [0.5, 0.6) is 17.2 Å². The highest BCUT2D eigenvalue weighted by Gasteiger charge is 2.35. The van der Waals surface area contributed by atoms with Crippen LogP contribution in [0.15, 0.2) is 12.1 Å². The van der Waals surface area contributed by atoms with Crippen molar-refractivity contribution in [3.63, 3.8) is 0 Å². The lowest BCUT2D eigenvalue weighted by Gasteiger charge is -2.23. The minimum absolute atomic E-state index is 0.127. The largest absolute Gasteiger partial charge is 0.493 e. The summed E-state index contributed by atoms with van der Waals surface area (Å²) < 4.78 is 41.6. The van der Waals surface area contributed by atoms with Crippen LogP contribution in [0.3, 0.4) is 0 Å². The van der Waals surface area contributed by atoms with Gasteiger partial charge in [-0.1, -0.05) is 0 Å². The molecule has 1 N–H and O–H groups in total. The Balaban J connectivity index is 2.04. The molecule has 1 aliphatic rings. The van der Waals surface area contributed by atoms with E-state index in [0.29, 0.717) is 34.3 Å². The van der Waals surface area contributed by atoms with Crippen molar-refractivity contribution < 1.29 is 27.4 Å². The standard InChI is InChI=1S/C19H25N3O6S/c1-19(2,3)22-17(12-9-29(24,25)10-13(12)21-22)20-18(23)11-7-14(26-4)16(28-6)15(8-11)27-5/h7-8H,9-10H2,1-6H3,(H,20,23). The second-order valence-electron chi connectivity index (χ2n) is 7.76. The van der Waals surface area contributed by atoms with Gasteiger partial charge in [-0.2, -0.15) is 5.10 Å². The van der Waals surface area contributed by atoms with Crippen LogP contribution in [0.4, 0.5) is 5.82 Å². The number of anilines is 1. The Bertz CT molecular complexity index is 1040. The number of carbonyl (C=O) groups excluding carboxylic acids is 1. The minimum Gasteiger partial charge on any atom is -0.493 e. The summed E-state index contributed by atoms with van der Waals surface area (Å²) >= 11 is 0. The molecule has 10 heteroatoms. The highest BCUT2D eigenvalue weighted by molar-refractivity contribution is 7.90. The van der Waals surface area contributed by atoms with E-state index in [4.69, 9.17) is 14.2 Å². The van der Waals surface area contributed by atoms with Gasteiger partial charge in [0.2, 0.25) is 5.75 Å². The molecule has 158 valence electrons. The fourth-order valence-corrected chi connectivity index (χ4v) is 4.74. The van der Waals surface area contributed by atoms with Crippen molar-refractivity contribution in [2.24, 2.45) is 0 Å². The van der Waals surface area contributed by atoms with Crippen LogP contribution in [-0.4, -0.2) is 45.4 Å². The SMILES string of the molecule is COc1cc(C(=O)Nc2c3c(nn2C(C)(C)C)CS(=O)(=O)C3)cc(OC)c1OC. The van der Waals surface area contributed by atoms with Gasteiger partial charge < -0.3 is 19.5 Å². The quantitative estimate of drug-likeness (QED) is 0.786. The third-order valence-corrected chi connectivity index (χ3v) is 6.02. The first-order valence-electron chi connectivity index (χ1n) is 8.93. The summed E-state index contributed by atoms with van der Waals surface area (Å²) in [7, 11) is 1.14. The van der Waals surface area contributed by atoms with Crippen molar-refractivity contribution >= 4 is 21.6 Å². The van der Waals surface area contributed by atoms with Crippen LogP contribution < -0.4 is 19.5 Å². The molecule has 1 aromatic carbocycles. The first kappa shape index (κ1) is 21.0. The van der Waals surface area contributed by atoms with Crippen LogP contribution in [0, 0.1) is 0 Å². The first-order valence-corrected chi connectivity index (χ1v) is 10.8. The van der Waals surface area contributed by atoms with Crippen LogP contribution >= 0.6 is 0 Å². The summed E-state index contributed by atoms with van der Waals surface area (Å²) in [6.45, 7) is 5.79. The Labute approximate surface area is 169 Å². The second-order valence-corrected chi connectivity index (χ2v) is 9.82. The topological polar surface area (TPSA) is 109 Å². The molecular weight excluding hydrogens is 398 g/mol. The van der Waals surface area contributed by atoms with Crippen molar-refractivity contribution in [3.8, 4) is 17.2 Å². The predicted octanol–water partition coefficient (Wildman–Crippen LogP) is 2.34. The maximum Gasteiger partial charge on any atom is 0.257 e. The zero-order valence-electron chi connectivity index (χ0n) is 17.3. The van der Waals surface area contributed by atoms with Crippen molar-refractivity contribution in [1.82, 2.24) is 9.78 Å². The van der Waals surface area contributed by atoms with Crippen LogP contribution in [0.25, 0.3) is 0 Å². The number of fused-ring (bicyclic) bond motifs is 1. The van der Waals surface area contributed by atoms with Crippen molar-refractivity contribution in [2.45, 2.75) is 37.8 Å².